The van der Waals surface area contributed by atoms with Crippen LogP contribution in [0.1, 0.15) is 0 Å². The molecule has 0 N–H and O–H groups in total. The third-order valence-electron chi connectivity index (χ3n) is 11.6. The number of benzene rings is 9. The minimum Gasteiger partial charge on any atom is -0.308 e. The monoisotopic (exact) mass is 777 g/mol. The van der Waals surface area contributed by atoms with E-state index >= 15 is 0 Å². The fourth-order valence-electron chi connectivity index (χ4n) is 8.65. The molecule has 0 aliphatic rings. The Balaban J connectivity index is 1.18. The smallest absolute Gasteiger partial charge is 0.160 e. The predicted octanol–water partition coefficient (Wildman–Crippen LogP) is 15.2. The Hall–Kier alpha value is -8.14. The van der Waals surface area contributed by atoms with E-state index in [0.717, 1.165) is 72.6 Å². The van der Waals surface area contributed by atoms with Crippen molar-refractivity contribution in [2.24, 2.45) is 0 Å². The molecular weight excluding hydrogens is 739 g/mol. The average molecular weight is 778 g/mol. The lowest BCUT2D eigenvalue weighted by Gasteiger charge is -2.21. The van der Waals surface area contributed by atoms with Crippen molar-refractivity contribution in [3.8, 4) is 84.1 Å². The second-order valence-electron chi connectivity index (χ2n) is 15.4. The van der Waals surface area contributed by atoms with Gasteiger partial charge in [0.2, 0.25) is 0 Å². The lowest BCUT2D eigenvalue weighted by atomic mass is 9.91. The van der Waals surface area contributed by atoms with Gasteiger partial charge in [-0.3, -0.25) is 0 Å². The van der Waals surface area contributed by atoms with Crippen LogP contribution in [-0.2, 0) is 0 Å². The van der Waals surface area contributed by atoms with Crippen LogP contribution in [0.5, 0.6) is 0 Å². The maximum Gasteiger partial charge on any atom is 0.160 e. The quantitative estimate of drug-likeness (QED) is 0.154. The molecule has 0 fully saturated rings. The first-order valence-corrected chi connectivity index (χ1v) is 20.7. The van der Waals surface area contributed by atoms with Gasteiger partial charge in [-0.15, -0.1) is 0 Å². The summed E-state index contributed by atoms with van der Waals surface area (Å²) in [5, 5.41) is 2.42. The van der Waals surface area contributed by atoms with Gasteiger partial charge in [0.05, 0.1) is 28.1 Å². The van der Waals surface area contributed by atoms with Gasteiger partial charge in [0.25, 0.3) is 0 Å². The lowest BCUT2D eigenvalue weighted by Crippen LogP contribution is -2.02. The summed E-state index contributed by atoms with van der Waals surface area (Å²) in [6.07, 6.45) is 0. The molecule has 286 valence electrons. The maximum absolute atomic E-state index is 5.38. The number of fused-ring (bicyclic) bond motifs is 3. The molecular formula is C58H39N3. The summed E-state index contributed by atoms with van der Waals surface area (Å²) in [6.45, 7) is 0. The molecule has 3 heteroatoms. The van der Waals surface area contributed by atoms with Gasteiger partial charge in [-0.1, -0.05) is 200 Å². The maximum atomic E-state index is 5.38. The molecule has 0 saturated heterocycles. The van der Waals surface area contributed by atoms with E-state index in [4.69, 9.17) is 9.97 Å². The summed E-state index contributed by atoms with van der Waals surface area (Å²) >= 11 is 0. The Morgan fingerprint density at radius 3 is 1.25 bits per heavy atom. The number of hydrogen-bond donors (Lipinski definition) is 0. The van der Waals surface area contributed by atoms with Gasteiger partial charge in [0.15, 0.2) is 5.82 Å². The van der Waals surface area contributed by atoms with Crippen molar-refractivity contribution in [1.82, 2.24) is 14.5 Å². The Morgan fingerprint density at radius 2 is 0.672 bits per heavy atom. The lowest BCUT2D eigenvalue weighted by molar-refractivity contribution is 1.17. The SMILES string of the molecule is c1ccc(-c2ccc(-c3nc(-c4ccccc4)cc(-c4cc(-c5ccccc5)c(-n5c6ccccc6c6cc(-c7ccccc7)ccc65)c(-c5ccccc5)c4)n3)cc2)cc1. The van der Waals surface area contributed by atoms with Gasteiger partial charge >= 0.3 is 0 Å². The van der Waals surface area contributed by atoms with Crippen LogP contribution in [0.25, 0.3) is 106 Å². The molecule has 0 aliphatic carbocycles. The van der Waals surface area contributed by atoms with Crippen LogP contribution < -0.4 is 0 Å². The van der Waals surface area contributed by atoms with Gasteiger partial charge in [0, 0.05) is 38.6 Å². The first-order valence-electron chi connectivity index (χ1n) is 20.7. The van der Waals surface area contributed by atoms with Crippen LogP contribution in [-0.4, -0.2) is 14.5 Å². The topological polar surface area (TPSA) is 30.7 Å². The Labute approximate surface area is 355 Å². The second-order valence-corrected chi connectivity index (χ2v) is 15.4. The van der Waals surface area contributed by atoms with Crippen molar-refractivity contribution in [3.63, 3.8) is 0 Å². The average Bonchev–Trinajstić information content (AvgIpc) is 3.68. The summed E-state index contributed by atoms with van der Waals surface area (Å²) in [5.41, 5.74) is 17.3. The van der Waals surface area contributed by atoms with E-state index in [9.17, 15) is 0 Å². The largest absolute Gasteiger partial charge is 0.308 e. The van der Waals surface area contributed by atoms with Crippen LogP contribution in [0, 0.1) is 0 Å². The summed E-state index contributed by atoms with van der Waals surface area (Å²) in [4.78, 5) is 10.6. The van der Waals surface area contributed by atoms with Gasteiger partial charge in [-0.2, -0.15) is 0 Å². The Bertz CT molecular complexity index is 3240. The van der Waals surface area contributed by atoms with Crippen molar-refractivity contribution >= 4 is 21.8 Å². The third-order valence-corrected chi connectivity index (χ3v) is 11.6. The molecule has 2 aromatic heterocycles. The molecule has 61 heavy (non-hydrogen) atoms. The number of nitrogens with zero attached hydrogens (tertiary/aromatic N) is 3. The zero-order chi connectivity index (χ0) is 40.5. The highest BCUT2D eigenvalue weighted by molar-refractivity contribution is 6.12. The zero-order valence-corrected chi connectivity index (χ0v) is 33.4. The standard InChI is InChI=1S/C58H39N3/c1-6-18-40(19-7-1)42-30-32-46(33-31-42)58-59-53(45-26-14-5-15-27-45)39-54(60-58)48-37-50(43-22-10-3-11-23-43)57(51(38-48)44-24-12-4-13-25-44)61-55-29-17-16-28-49(55)52-36-47(34-35-56(52)61)41-20-8-2-9-21-41/h1-39H. The van der Waals surface area contributed by atoms with Crippen LogP contribution in [0.3, 0.4) is 0 Å². The van der Waals surface area contributed by atoms with E-state index in [2.05, 4.69) is 229 Å². The molecule has 2 heterocycles. The van der Waals surface area contributed by atoms with E-state index in [0.29, 0.717) is 5.82 Å². The zero-order valence-electron chi connectivity index (χ0n) is 33.4. The summed E-state index contributed by atoms with van der Waals surface area (Å²) in [5.74, 6) is 0.680. The molecule has 11 rings (SSSR count). The van der Waals surface area contributed by atoms with Crippen molar-refractivity contribution in [1.29, 1.82) is 0 Å². The van der Waals surface area contributed by atoms with E-state index in [1.165, 1.54) is 27.5 Å². The molecule has 0 atom stereocenters. The Morgan fingerprint density at radius 1 is 0.262 bits per heavy atom. The second kappa shape index (κ2) is 15.6. The molecule has 0 bridgehead atoms. The minimum absolute atomic E-state index is 0.680. The Kier molecular flexibility index (Phi) is 9.18. The number of hydrogen-bond acceptors (Lipinski definition) is 2. The molecule has 3 nitrogen and oxygen atoms in total. The molecule has 0 unspecified atom stereocenters. The van der Waals surface area contributed by atoms with E-state index in [1.807, 2.05) is 12.1 Å². The van der Waals surface area contributed by atoms with E-state index in [1.54, 1.807) is 0 Å². The highest BCUT2D eigenvalue weighted by Crippen LogP contribution is 2.44. The number of para-hydroxylation sites is 1. The van der Waals surface area contributed by atoms with Gasteiger partial charge < -0.3 is 4.57 Å². The first kappa shape index (κ1) is 36.0. The fraction of sp³-hybridized carbons (Fsp3) is 0. The number of aromatic nitrogens is 3. The molecule has 9 aromatic carbocycles. The highest BCUT2D eigenvalue weighted by Gasteiger charge is 2.23. The number of rotatable bonds is 8. The van der Waals surface area contributed by atoms with Crippen molar-refractivity contribution in [2.45, 2.75) is 0 Å². The molecule has 0 aliphatic heterocycles. The van der Waals surface area contributed by atoms with Crippen molar-refractivity contribution in [3.05, 3.63) is 237 Å². The minimum atomic E-state index is 0.680. The fourth-order valence-corrected chi connectivity index (χ4v) is 8.65. The van der Waals surface area contributed by atoms with Crippen molar-refractivity contribution < 1.29 is 0 Å². The summed E-state index contributed by atoms with van der Waals surface area (Å²) in [7, 11) is 0. The van der Waals surface area contributed by atoms with Crippen molar-refractivity contribution in [2.75, 3.05) is 0 Å². The third kappa shape index (κ3) is 6.78. The van der Waals surface area contributed by atoms with Crippen LogP contribution in [0.15, 0.2) is 237 Å². The van der Waals surface area contributed by atoms with Crippen LogP contribution in [0.2, 0.25) is 0 Å². The van der Waals surface area contributed by atoms with Gasteiger partial charge in [-0.05, 0) is 69.8 Å². The first-order chi connectivity index (χ1) is 30.2. The molecule has 0 radical (unpaired) electrons. The summed E-state index contributed by atoms with van der Waals surface area (Å²) in [6, 6.07) is 84.1. The van der Waals surface area contributed by atoms with Gasteiger partial charge in [0.1, 0.15) is 0 Å². The molecule has 0 amide bonds. The van der Waals surface area contributed by atoms with E-state index < -0.39 is 0 Å². The van der Waals surface area contributed by atoms with Crippen LogP contribution >= 0.6 is 0 Å². The van der Waals surface area contributed by atoms with Crippen LogP contribution in [0.4, 0.5) is 0 Å². The van der Waals surface area contributed by atoms with E-state index in [-0.39, 0.29) is 0 Å². The highest BCUT2D eigenvalue weighted by atomic mass is 15.0. The normalized spacial score (nSPS) is 11.3. The summed E-state index contributed by atoms with van der Waals surface area (Å²) < 4.78 is 2.48. The van der Waals surface area contributed by atoms with Gasteiger partial charge in [-0.25, -0.2) is 9.97 Å². The molecule has 11 aromatic rings. The predicted molar refractivity (Wildman–Crippen MR) is 254 cm³/mol. The molecule has 0 spiro atoms. The molecule has 0 saturated carbocycles.